The molecule has 0 saturated heterocycles. The Hall–Kier alpha value is -3.37. The van der Waals surface area contributed by atoms with E-state index in [0.717, 1.165) is 18.3 Å². The van der Waals surface area contributed by atoms with E-state index in [1.807, 2.05) is 0 Å². The lowest BCUT2D eigenvalue weighted by atomic mass is 10.2. The second-order valence-electron chi connectivity index (χ2n) is 4.60. The summed E-state index contributed by atoms with van der Waals surface area (Å²) in [6.45, 7) is -6.33. The molecule has 0 unspecified atom stereocenters. The van der Waals surface area contributed by atoms with Crippen LogP contribution in [0.15, 0.2) is 47.6 Å². The minimum atomic E-state index is -3.20. The van der Waals surface area contributed by atoms with Crippen LogP contribution in [0.4, 0.5) is 28.9 Å². The Balaban J connectivity index is 2.22. The van der Waals surface area contributed by atoms with Crippen molar-refractivity contribution in [3.8, 4) is 11.5 Å². The average molecular weight is 373 g/mol. The van der Waals surface area contributed by atoms with Crippen LogP contribution in [0.3, 0.4) is 0 Å². The maximum atomic E-state index is 12.5. The smallest absolute Gasteiger partial charge is 0.387 e. The molecule has 2 rings (SSSR count). The topological polar surface area (TPSA) is 86.0 Å². The molecule has 11 heteroatoms. The van der Waals surface area contributed by atoms with Gasteiger partial charge in [0.2, 0.25) is 0 Å². The van der Waals surface area contributed by atoms with E-state index in [4.69, 9.17) is 0 Å². The normalized spacial score (nSPS) is 11.2. The summed E-state index contributed by atoms with van der Waals surface area (Å²) >= 11 is 0. The Kier molecular flexibility index (Phi) is 6.31. The van der Waals surface area contributed by atoms with Gasteiger partial charge < -0.3 is 9.47 Å². The number of halogens is 4. The van der Waals surface area contributed by atoms with Gasteiger partial charge >= 0.3 is 13.2 Å². The summed E-state index contributed by atoms with van der Waals surface area (Å²) in [6.07, 6.45) is 1.04. The molecule has 0 aromatic heterocycles. The zero-order valence-electron chi connectivity index (χ0n) is 12.8. The predicted molar refractivity (Wildman–Crippen MR) is 84.0 cm³/mol. The largest absolute Gasteiger partial charge is 0.435 e. The van der Waals surface area contributed by atoms with Gasteiger partial charge in [0.1, 0.15) is 17.2 Å². The van der Waals surface area contributed by atoms with Crippen molar-refractivity contribution in [2.75, 3.05) is 5.43 Å². The molecule has 7 nitrogen and oxygen atoms in total. The molecule has 0 aliphatic rings. The number of nitrogens with one attached hydrogen (secondary N) is 1. The Labute approximate surface area is 144 Å². The van der Waals surface area contributed by atoms with Crippen LogP contribution in [0.1, 0.15) is 5.56 Å². The fourth-order valence-corrected chi connectivity index (χ4v) is 1.89. The van der Waals surface area contributed by atoms with Gasteiger partial charge in [-0.15, -0.1) is 0 Å². The van der Waals surface area contributed by atoms with Crippen molar-refractivity contribution in [3.05, 3.63) is 58.1 Å². The summed E-state index contributed by atoms with van der Waals surface area (Å²) in [4.78, 5) is 10.3. The van der Waals surface area contributed by atoms with Crippen molar-refractivity contribution in [2.24, 2.45) is 5.10 Å². The number of rotatable bonds is 8. The van der Waals surface area contributed by atoms with Crippen molar-refractivity contribution in [1.82, 2.24) is 0 Å². The second-order valence-corrected chi connectivity index (χ2v) is 4.60. The van der Waals surface area contributed by atoms with Gasteiger partial charge in [-0.1, -0.05) is 12.1 Å². The third kappa shape index (κ3) is 5.33. The van der Waals surface area contributed by atoms with E-state index in [1.165, 1.54) is 30.3 Å². The molecule has 2 aromatic carbocycles. The first kappa shape index (κ1) is 19.0. The van der Waals surface area contributed by atoms with Crippen molar-refractivity contribution < 1.29 is 32.0 Å². The molecule has 26 heavy (non-hydrogen) atoms. The summed E-state index contributed by atoms with van der Waals surface area (Å²) in [5, 5.41) is 14.6. The van der Waals surface area contributed by atoms with Crippen molar-refractivity contribution >= 4 is 17.6 Å². The lowest BCUT2D eigenvalue weighted by molar-refractivity contribution is -0.384. The number of hydrogen-bond donors (Lipinski definition) is 1. The number of benzene rings is 2. The van der Waals surface area contributed by atoms with Crippen LogP contribution >= 0.6 is 0 Å². The summed E-state index contributed by atoms with van der Waals surface area (Å²) < 4.78 is 57.7. The minimum absolute atomic E-state index is 0.0120. The Morgan fingerprint density at radius 2 is 1.77 bits per heavy atom. The molecule has 0 aliphatic heterocycles. The van der Waals surface area contributed by atoms with Gasteiger partial charge in [0, 0.05) is 17.7 Å². The fraction of sp³-hybridized carbons (Fsp3) is 0.133. The van der Waals surface area contributed by atoms with Crippen LogP contribution in [-0.2, 0) is 0 Å². The predicted octanol–water partition coefficient (Wildman–Crippen LogP) is 4.24. The van der Waals surface area contributed by atoms with E-state index < -0.39 is 23.9 Å². The molecule has 0 aliphatic carbocycles. The molecule has 0 radical (unpaired) electrons. The zero-order chi connectivity index (χ0) is 19.1. The van der Waals surface area contributed by atoms with Crippen LogP contribution < -0.4 is 14.9 Å². The van der Waals surface area contributed by atoms with E-state index in [0.29, 0.717) is 0 Å². The number of hydrazone groups is 1. The first-order valence-corrected chi connectivity index (χ1v) is 6.93. The summed E-state index contributed by atoms with van der Waals surface area (Å²) in [7, 11) is 0. The first-order chi connectivity index (χ1) is 12.4. The lowest BCUT2D eigenvalue weighted by Gasteiger charge is -2.10. The molecule has 138 valence electrons. The Morgan fingerprint density at radius 3 is 2.42 bits per heavy atom. The quantitative estimate of drug-likeness (QED) is 0.324. The Morgan fingerprint density at radius 1 is 1.08 bits per heavy atom. The second kappa shape index (κ2) is 8.65. The van der Waals surface area contributed by atoms with Gasteiger partial charge in [0.15, 0.2) is 0 Å². The van der Waals surface area contributed by atoms with Gasteiger partial charge in [0.05, 0.1) is 11.1 Å². The number of ether oxygens (including phenoxy) is 2. The number of hydrogen-bond acceptors (Lipinski definition) is 6. The van der Waals surface area contributed by atoms with Gasteiger partial charge in [-0.3, -0.25) is 15.5 Å². The van der Waals surface area contributed by atoms with Crippen LogP contribution in [0.5, 0.6) is 11.5 Å². The molecule has 0 spiro atoms. The SMILES string of the molecule is O=[N+]([O-])c1ccccc1NN=Cc1ccc(OC(F)F)cc1OC(F)F. The number of nitro groups is 1. The lowest BCUT2D eigenvalue weighted by Crippen LogP contribution is -2.07. The maximum Gasteiger partial charge on any atom is 0.387 e. The van der Waals surface area contributed by atoms with Crippen molar-refractivity contribution in [3.63, 3.8) is 0 Å². The maximum absolute atomic E-state index is 12.5. The summed E-state index contributed by atoms with van der Waals surface area (Å²) in [5.74, 6) is -0.828. The highest BCUT2D eigenvalue weighted by Gasteiger charge is 2.13. The number of para-hydroxylation sites is 2. The van der Waals surface area contributed by atoms with Crippen molar-refractivity contribution in [2.45, 2.75) is 13.2 Å². The van der Waals surface area contributed by atoms with E-state index in [1.54, 1.807) is 0 Å². The molecule has 1 N–H and O–H groups in total. The third-order valence-corrected chi connectivity index (χ3v) is 2.92. The standard InChI is InChI=1S/C15H11F4N3O4/c16-14(17)25-10-6-5-9(13(7-10)26-15(18)19)8-20-21-11-3-1-2-4-12(11)22(23)24/h1-8,14-15,21H. The minimum Gasteiger partial charge on any atom is -0.435 e. The number of alkyl halides is 4. The van der Waals surface area contributed by atoms with E-state index in [-0.39, 0.29) is 22.7 Å². The summed E-state index contributed by atoms with van der Waals surface area (Å²) in [6, 6.07) is 8.77. The van der Waals surface area contributed by atoms with Gasteiger partial charge in [-0.2, -0.15) is 22.7 Å². The van der Waals surface area contributed by atoms with Crippen LogP contribution in [0, 0.1) is 10.1 Å². The molecule has 0 bridgehead atoms. The van der Waals surface area contributed by atoms with Crippen LogP contribution in [-0.4, -0.2) is 24.4 Å². The van der Waals surface area contributed by atoms with Gasteiger partial charge in [0.25, 0.3) is 5.69 Å². The first-order valence-electron chi connectivity index (χ1n) is 6.93. The molecule has 0 heterocycles. The van der Waals surface area contributed by atoms with Crippen molar-refractivity contribution in [1.29, 1.82) is 0 Å². The molecular formula is C15H11F4N3O4. The molecule has 0 saturated carbocycles. The van der Waals surface area contributed by atoms with Crippen LogP contribution in [0.25, 0.3) is 0 Å². The number of nitrogens with zero attached hydrogens (tertiary/aromatic N) is 2. The fourth-order valence-electron chi connectivity index (χ4n) is 1.89. The molecule has 0 amide bonds. The number of nitro benzene ring substituents is 1. The summed E-state index contributed by atoms with van der Waals surface area (Å²) in [5.41, 5.74) is 2.25. The monoisotopic (exact) mass is 373 g/mol. The highest BCUT2D eigenvalue weighted by atomic mass is 19.3. The van der Waals surface area contributed by atoms with E-state index in [9.17, 15) is 27.7 Å². The van der Waals surface area contributed by atoms with E-state index >= 15 is 0 Å². The Bertz CT molecular complexity index is 802. The highest BCUT2D eigenvalue weighted by molar-refractivity contribution is 5.84. The van der Waals surface area contributed by atoms with Gasteiger partial charge in [-0.05, 0) is 18.2 Å². The van der Waals surface area contributed by atoms with Crippen LogP contribution in [0.2, 0.25) is 0 Å². The number of anilines is 1. The highest BCUT2D eigenvalue weighted by Crippen LogP contribution is 2.27. The van der Waals surface area contributed by atoms with Gasteiger partial charge in [-0.25, -0.2) is 0 Å². The van der Waals surface area contributed by atoms with E-state index in [2.05, 4.69) is 20.0 Å². The molecule has 0 fully saturated rings. The molecule has 2 aromatic rings. The average Bonchev–Trinajstić information content (AvgIpc) is 2.56. The zero-order valence-corrected chi connectivity index (χ0v) is 12.8. The molecule has 0 atom stereocenters. The third-order valence-electron chi connectivity index (χ3n) is 2.92. The molecular weight excluding hydrogens is 362 g/mol.